The fourth-order valence-corrected chi connectivity index (χ4v) is 4.09. The summed E-state index contributed by atoms with van der Waals surface area (Å²) in [5, 5.41) is 1.69. The molecule has 0 bridgehead atoms. The molecule has 0 unspecified atom stereocenters. The molecule has 0 aliphatic carbocycles. The first-order valence-corrected chi connectivity index (χ1v) is 10.1. The minimum Gasteiger partial charge on any atom is -0.314 e. The van der Waals surface area contributed by atoms with Gasteiger partial charge in [-0.15, -0.1) is 11.8 Å². The van der Waals surface area contributed by atoms with Gasteiger partial charge < -0.3 is 5.01 Å². The number of rotatable bonds is 5. The molecular formula is C19H25N3S2. The molecule has 2 rings (SSSR count). The molecule has 0 heterocycles. The Bertz CT molecular complexity index is 712. The van der Waals surface area contributed by atoms with Crippen LogP contribution in [0.5, 0.6) is 0 Å². The van der Waals surface area contributed by atoms with Crippen molar-refractivity contribution in [3.8, 4) is 0 Å². The first kappa shape index (κ1) is 18.9. The Labute approximate surface area is 153 Å². The van der Waals surface area contributed by atoms with Crippen molar-refractivity contribution < 1.29 is 0 Å². The summed E-state index contributed by atoms with van der Waals surface area (Å²) >= 11 is 3.48. The second-order valence-electron chi connectivity index (χ2n) is 5.68. The molecule has 3 nitrogen and oxygen atoms in total. The average Bonchev–Trinajstić information content (AvgIpc) is 2.57. The van der Waals surface area contributed by atoms with Crippen molar-refractivity contribution in [2.75, 3.05) is 18.3 Å². The summed E-state index contributed by atoms with van der Waals surface area (Å²) in [6.45, 7) is 4.99. The van der Waals surface area contributed by atoms with E-state index in [-0.39, 0.29) is 0 Å². The Morgan fingerprint density at radius 3 is 2.46 bits per heavy atom. The molecule has 0 saturated heterocycles. The topological polar surface area (TPSA) is 41.6 Å². The van der Waals surface area contributed by atoms with E-state index in [1.54, 1.807) is 28.5 Å². The highest BCUT2D eigenvalue weighted by molar-refractivity contribution is 8.38. The summed E-state index contributed by atoms with van der Waals surface area (Å²) in [5.41, 5.74) is 6.17. The van der Waals surface area contributed by atoms with Crippen LogP contribution in [0.1, 0.15) is 22.3 Å². The number of nitrogens with two attached hydrogens (primary N) is 1. The Morgan fingerprint density at radius 2 is 1.79 bits per heavy atom. The molecule has 5 heteroatoms. The fourth-order valence-electron chi connectivity index (χ4n) is 2.45. The van der Waals surface area contributed by atoms with E-state index in [1.807, 2.05) is 13.1 Å². The van der Waals surface area contributed by atoms with Crippen LogP contribution in [0.3, 0.4) is 0 Å². The Hall–Kier alpha value is -1.43. The van der Waals surface area contributed by atoms with Gasteiger partial charge in [-0.3, -0.25) is 4.99 Å². The first-order chi connectivity index (χ1) is 11.5. The molecule has 2 aromatic carbocycles. The number of aliphatic imine (C=N–C) groups is 1. The van der Waals surface area contributed by atoms with E-state index in [2.05, 4.69) is 56.5 Å². The number of thioether (sulfide) groups is 2. The SMILES string of the molecule is CSC(=NCc1ccccc1C)SCc1c(C)cccc1N(C)N. The standard InChI is InChI=1S/C19H25N3S2/c1-14-8-5-6-10-16(14)12-21-19(23-4)24-13-17-15(2)9-7-11-18(17)22(3)20/h5-11H,12-13,20H2,1-4H3. The third-order valence-corrected chi connectivity index (χ3v) is 6.06. The Balaban J connectivity index is 2.09. The zero-order chi connectivity index (χ0) is 17.5. The van der Waals surface area contributed by atoms with Gasteiger partial charge in [0.1, 0.15) is 4.38 Å². The normalized spacial score (nSPS) is 11.6. The molecule has 0 aliphatic rings. The number of hydrazine groups is 1. The summed E-state index contributed by atoms with van der Waals surface area (Å²) in [6.07, 6.45) is 2.08. The van der Waals surface area contributed by atoms with E-state index in [9.17, 15) is 0 Å². The minimum absolute atomic E-state index is 0.729. The van der Waals surface area contributed by atoms with E-state index >= 15 is 0 Å². The van der Waals surface area contributed by atoms with E-state index in [1.165, 1.54) is 22.3 Å². The third-order valence-electron chi connectivity index (χ3n) is 3.92. The second kappa shape index (κ2) is 9.16. The summed E-state index contributed by atoms with van der Waals surface area (Å²) in [5.74, 6) is 6.83. The summed E-state index contributed by atoms with van der Waals surface area (Å²) in [6, 6.07) is 14.6. The minimum atomic E-state index is 0.729. The van der Waals surface area contributed by atoms with Crippen LogP contribution in [-0.4, -0.2) is 17.7 Å². The summed E-state index contributed by atoms with van der Waals surface area (Å²) in [7, 11) is 1.88. The predicted octanol–water partition coefficient (Wildman–Crippen LogP) is 4.77. The van der Waals surface area contributed by atoms with Crippen LogP contribution in [-0.2, 0) is 12.3 Å². The van der Waals surface area contributed by atoms with Gasteiger partial charge in [0.25, 0.3) is 0 Å². The van der Waals surface area contributed by atoms with E-state index < -0.39 is 0 Å². The number of hydrogen-bond donors (Lipinski definition) is 1. The fraction of sp³-hybridized carbons (Fsp3) is 0.316. The summed E-state index contributed by atoms with van der Waals surface area (Å²) in [4.78, 5) is 4.79. The molecule has 0 fully saturated rings. The van der Waals surface area contributed by atoms with Crippen LogP contribution in [0.4, 0.5) is 5.69 Å². The molecule has 0 aromatic heterocycles. The van der Waals surface area contributed by atoms with Crippen LogP contribution in [0.2, 0.25) is 0 Å². The van der Waals surface area contributed by atoms with Gasteiger partial charge in [0, 0.05) is 12.8 Å². The van der Waals surface area contributed by atoms with Crippen LogP contribution >= 0.6 is 23.5 Å². The van der Waals surface area contributed by atoms with Gasteiger partial charge in [-0.1, -0.05) is 48.2 Å². The summed E-state index contributed by atoms with van der Waals surface area (Å²) < 4.78 is 1.10. The lowest BCUT2D eigenvalue weighted by molar-refractivity contribution is 1.00. The smallest absolute Gasteiger partial charge is 0.124 e. The predicted molar refractivity (Wildman–Crippen MR) is 111 cm³/mol. The molecule has 0 saturated carbocycles. The largest absolute Gasteiger partial charge is 0.314 e. The van der Waals surface area contributed by atoms with Gasteiger partial charge >= 0.3 is 0 Å². The number of nitrogens with zero attached hydrogens (tertiary/aromatic N) is 2. The van der Waals surface area contributed by atoms with E-state index in [4.69, 9.17) is 10.8 Å². The van der Waals surface area contributed by atoms with E-state index in [0.29, 0.717) is 0 Å². The highest BCUT2D eigenvalue weighted by Gasteiger charge is 2.10. The number of hydrogen-bond acceptors (Lipinski definition) is 5. The lowest BCUT2D eigenvalue weighted by Crippen LogP contribution is -2.26. The Morgan fingerprint density at radius 1 is 1.08 bits per heavy atom. The maximum atomic E-state index is 5.96. The van der Waals surface area contributed by atoms with Crippen LogP contribution in [0.25, 0.3) is 0 Å². The molecule has 0 aliphatic heterocycles. The van der Waals surface area contributed by atoms with Crippen molar-refractivity contribution in [1.29, 1.82) is 0 Å². The van der Waals surface area contributed by atoms with Crippen molar-refractivity contribution in [3.05, 3.63) is 64.7 Å². The van der Waals surface area contributed by atoms with Crippen molar-refractivity contribution >= 4 is 33.6 Å². The van der Waals surface area contributed by atoms with Gasteiger partial charge in [-0.25, -0.2) is 5.84 Å². The van der Waals surface area contributed by atoms with Gasteiger partial charge in [-0.05, 0) is 48.4 Å². The molecule has 2 aromatic rings. The maximum absolute atomic E-state index is 5.96. The van der Waals surface area contributed by atoms with Gasteiger partial charge in [0.05, 0.1) is 12.2 Å². The van der Waals surface area contributed by atoms with Crippen molar-refractivity contribution in [1.82, 2.24) is 0 Å². The quantitative estimate of drug-likeness (QED) is 0.361. The van der Waals surface area contributed by atoms with Crippen molar-refractivity contribution in [2.24, 2.45) is 10.8 Å². The number of benzene rings is 2. The molecule has 2 N–H and O–H groups in total. The number of anilines is 1. The average molecular weight is 360 g/mol. The van der Waals surface area contributed by atoms with Gasteiger partial charge in [0.15, 0.2) is 0 Å². The number of aryl methyl sites for hydroxylation is 2. The van der Waals surface area contributed by atoms with Crippen LogP contribution in [0.15, 0.2) is 47.5 Å². The monoisotopic (exact) mass is 359 g/mol. The zero-order valence-electron chi connectivity index (χ0n) is 14.7. The van der Waals surface area contributed by atoms with Gasteiger partial charge in [-0.2, -0.15) is 0 Å². The lowest BCUT2D eigenvalue weighted by atomic mass is 10.1. The molecule has 0 atom stereocenters. The Kier molecular flexibility index (Phi) is 7.21. The second-order valence-corrected chi connectivity index (χ2v) is 7.70. The van der Waals surface area contributed by atoms with Crippen molar-refractivity contribution in [3.63, 3.8) is 0 Å². The van der Waals surface area contributed by atoms with Crippen LogP contribution < -0.4 is 10.9 Å². The molecule has 0 radical (unpaired) electrons. The third kappa shape index (κ3) is 5.03. The van der Waals surface area contributed by atoms with Crippen LogP contribution in [0, 0.1) is 13.8 Å². The highest BCUT2D eigenvalue weighted by Crippen LogP contribution is 2.28. The highest BCUT2D eigenvalue weighted by atomic mass is 32.2. The lowest BCUT2D eigenvalue weighted by Gasteiger charge is -2.18. The van der Waals surface area contributed by atoms with Crippen molar-refractivity contribution in [2.45, 2.75) is 26.1 Å². The van der Waals surface area contributed by atoms with Gasteiger partial charge in [0.2, 0.25) is 0 Å². The first-order valence-electron chi connectivity index (χ1n) is 7.85. The molecule has 128 valence electrons. The maximum Gasteiger partial charge on any atom is 0.124 e. The van der Waals surface area contributed by atoms with E-state index in [0.717, 1.165) is 22.4 Å². The zero-order valence-corrected chi connectivity index (χ0v) is 16.4. The molecular weight excluding hydrogens is 334 g/mol. The molecule has 24 heavy (non-hydrogen) atoms. The molecule has 0 amide bonds. The molecule has 0 spiro atoms.